The van der Waals surface area contributed by atoms with Gasteiger partial charge in [0, 0.05) is 30.8 Å². The predicted molar refractivity (Wildman–Crippen MR) is 123 cm³/mol. The van der Waals surface area contributed by atoms with Crippen LogP contribution >= 0.6 is 0 Å². The van der Waals surface area contributed by atoms with Crippen LogP contribution < -0.4 is 10.1 Å². The largest absolute Gasteiger partial charge is 0.504 e. The number of halogens is 1. The molecule has 0 bridgehead atoms. The second-order valence-electron chi connectivity index (χ2n) is 8.93. The van der Waals surface area contributed by atoms with Gasteiger partial charge >= 0.3 is 5.97 Å². The van der Waals surface area contributed by atoms with Crippen molar-refractivity contribution in [2.24, 2.45) is 11.8 Å². The van der Waals surface area contributed by atoms with Gasteiger partial charge in [0.25, 0.3) is 0 Å². The molecule has 0 saturated carbocycles. The zero-order chi connectivity index (χ0) is 24.7. The quantitative estimate of drug-likeness (QED) is 0.353. The molecule has 0 radical (unpaired) electrons. The second-order valence-corrected chi connectivity index (χ2v) is 8.93. The number of nitrogens with zero attached hydrogens (tertiary/aromatic N) is 1. The van der Waals surface area contributed by atoms with Gasteiger partial charge in [0.1, 0.15) is 11.6 Å². The normalized spacial score (nSPS) is 31.8. The summed E-state index contributed by atoms with van der Waals surface area (Å²) in [6.07, 6.45) is 6.44. The topological polar surface area (TPSA) is 89.5 Å². The summed E-state index contributed by atoms with van der Waals surface area (Å²) in [6, 6.07) is 2.13. The number of benzene rings is 1. The molecule has 9 heteroatoms. The number of piperidine rings is 1. The number of fused-ring (bicyclic) bond motifs is 5. The number of anilines is 1. The Morgan fingerprint density at radius 3 is 2.71 bits per heavy atom. The van der Waals surface area contributed by atoms with E-state index in [4.69, 9.17) is 18.9 Å². The molecule has 8 nitrogen and oxygen atoms in total. The highest BCUT2D eigenvalue weighted by atomic mass is 19.1. The summed E-state index contributed by atoms with van der Waals surface area (Å²) < 4.78 is 36.4. The minimum Gasteiger partial charge on any atom is -0.504 e. The Labute approximate surface area is 199 Å². The van der Waals surface area contributed by atoms with E-state index in [1.54, 1.807) is 0 Å². The Morgan fingerprint density at radius 2 is 2.09 bits per heavy atom. The van der Waals surface area contributed by atoms with Gasteiger partial charge in [-0.05, 0) is 37.6 Å². The van der Waals surface area contributed by atoms with Crippen LogP contribution in [0.4, 0.5) is 10.1 Å². The maximum absolute atomic E-state index is 14.4. The van der Waals surface area contributed by atoms with Gasteiger partial charge in [-0.3, -0.25) is 0 Å². The average molecular weight is 477 g/mol. The minimum atomic E-state index is -1.65. The highest BCUT2D eigenvalue weighted by Gasteiger charge is 2.66. The van der Waals surface area contributed by atoms with Gasteiger partial charge in [-0.25, -0.2) is 9.18 Å². The van der Waals surface area contributed by atoms with Crippen LogP contribution in [0.3, 0.4) is 0 Å². The van der Waals surface area contributed by atoms with Gasteiger partial charge < -0.3 is 34.3 Å². The third kappa shape index (κ3) is 3.44. The van der Waals surface area contributed by atoms with Crippen molar-refractivity contribution in [3.05, 3.63) is 47.6 Å². The minimum absolute atomic E-state index is 0.125. The van der Waals surface area contributed by atoms with Crippen molar-refractivity contribution in [3.8, 4) is 5.75 Å². The first kappa shape index (κ1) is 24.3. The standard InChI is InChI=1S/C25H33FN2O6/c1-6-15-13-28-9-8-24(34-7-2)22-19(10-16(26)11-20(22)32-4)27-25(24,30)21(28)12-17(15)18(14-31-3)23(29)33-5/h8-11,14-15,17,21,27,30H,6-7,12-13H2,1-5H3/b18-14+/t15-,17+,21+,24+,25+/m1/s1. The van der Waals surface area contributed by atoms with Crippen LogP contribution in [-0.4, -0.2) is 62.2 Å². The van der Waals surface area contributed by atoms with Crippen LogP contribution in [0.1, 0.15) is 32.3 Å². The molecular formula is C25H33FN2O6. The van der Waals surface area contributed by atoms with Crippen molar-refractivity contribution in [2.75, 3.05) is 39.8 Å². The number of esters is 1. The number of rotatable bonds is 7. The Morgan fingerprint density at radius 1 is 1.32 bits per heavy atom. The molecule has 0 unspecified atom stereocenters. The van der Waals surface area contributed by atoms with Gasteiger partial charge in [-0.15, -0.1) is 0 Å². The fraction of sp³-hybridized carbons (Fsp3) is 0.560. The number of hydrogen-bond donors (Lipinski definition) is 2. The molecule has 1 aromatic rings. The lowest BCUT2D eigenvalue weighted by atomic mass is 9.69. The van der Waals surface area contributed by atoms with E-state index in [1.165, 1.54) is 39.7 Å². The maximum atomic E-state index is 14.4. The second kappa shape index (κ2) is 9.11. The predicted octanol–water partition coefficient (Wildman–Crippen LogP) is 3.13. The lowest BCUT2D eigenvalue weighted by Crippen LogP contribution is -2.69. The number of ether oxygens (including phenoxy) is 4. The van der Waals surface area contributed by atoms with E-state index in [2.05, 4.69) is 17.1 Å². The summed E-state index contributed by atoms with van der Waals surface area (Å²) in [6.45, 7) is 4.83. The molecular weight excluding hydrogens is 443 g/mol. The van der Waals surface area contributed by atoms with Crippen molar-refractivity contribution < 1.29 is 33.2 Å². The Hall–Kier alpha value is -2.78. The van der Waals surface area contributed by atoms with Crippen LogP contribution in [0.5, 0.6) is 5.75 Å². The van der Waals surface area contributed by atoms with E-state index in [0.29, 0.717) is 42.1 Å². The number of nitrogens with one attached hydrogen (secondary N) is 1. The molecule has 3 aliphatic heterocycles. The molecule has 0 aromatic heterocycles. The van der Waals surface area contributed by atoms with Gasteiger partial charge in [-0.2, -0.15) is 0 Å². The van der Waals surface area contributed by atoms with Crippen molar-refractivity contribution >= 4 is 11.7 Å². The van der Waals surface area contributed by atoms with Crippen LogP contribution in [0.15, 0.2) is 36.2 Å². The van der Waals surface area contributed by atoms with Crippen LogP contribution in [-0.2, 0) is 24.6 Å². The molecule has 0 amide bonds. The zero-order valence-corrected chi connectivity index (χ0v) is 20.3. The molecule has 3 heterocycles. The Balaban J connectivity index is 1.84. The van der Waals surface area contributed by atoms with Gasteiger partial charge in [0.05, 0.1) is 44.8 Å². The molecule has 2 N–H and O–H groups in total. The van der Waals surface area contributed by atoms with Crippen LogP contribution in [0.25, 0.3) is 0 Å². The summed E-state index contributed by atoms with van der Waals surface area (Å²) in [5, 5.41) is 15.5. The molecule has 5 atom stereocenters. The van der Waals surface area contributed by atoms with Gasteiger partial charge in [-0.1, -0.05) is 13.3 Å². The molecule has 1 saturated heterocycles. The summed E-state index contributed by atoms with van der Waals surface area (Å²) >= 11 is 0. The highest BCUT2D eigenvalue weighted by Crippen LogP contribution is 2.58. The molecule has 0 aliphatic carbocycles. The first-order valence-corrected chi connectivity index (χ1v) is 11.6. The molecule has 0 spiro atoms. The molecule has 34 heavy (non-hydrogen) atoms. The van der Waals surface area contributed by atoms with E-state index in [1.807, 2.05) is 19.2 Å². The number of hydrogen-bond acceptors (Lipinski definition) is 8. The highest BCUT2D eigenvalue weighted by molar-refractivity contribution is 5.88. The third-order valence-corrected chi connectivity index (χ3v) is 7.39. The summed E-state index contributed by atoms with van der Waals surface area (Å²) in [5.41, 5.74) is -1.57. The monoisotopic (exact) mass is 476 g/mol. The maximum Gasteiger partial charge on any atom is 0.337 e. The van der Waals surface area contributed by atoms with Crippen molar-refractivity contribution in [3.63, 3.8) is 0 Å². The number of methoxy groups -OCH3 is 3. The number of carbonyl (C=O) groups excluding carboxylic acids is 1. The SMILES string of the molecule is CCO[C@]12C=CN3C[C@@H](CC)[C@@H](/C(=C\OC)C(=O)OC)C[C@H]3[C@@]1(O)Nc1cc(F)cc(OC)c12. The molecule has 1 fully saturated rings. The molecule has 1 aromatic carbocycles. The van der Waals surface area contributed by atoms with E-state index < -0.39 is 29.2 Å². The van der Waals surface area contributed by atoms with Crippen LogP contribution in [0.2, 0.25) is 0 Å². The van der Waals surface area contributed by atoms with Crippen molar-refractivity contribution in [2.45, 2.75) is 44.1 Å². The Bertz CT molecular complexity index is 1010. The van der Waals surface area contributed by atoms with E-state index in [9.17, 15) is 14.3 Å². The van der Waals surface area contributed by atoms with Crippen molar-refractivity contribution in [1.29, 1.82) is 0 Å². The lowest BCUT2D eigenvalue weighted by molar-refractivity contribution is -0.187. The molecule has 186 valence electrons. The number of aliphatic hydroxyl groups is 1. The number of carbonyl (C=O) groups is 1. The zero-order valence-electron chi connectivity index (χ0n) is 20.3. The fourth-order valence-corrected chi connectivity index (χ4v) is 5.91. The van der Waals surface area contributed by atoms with E-state index in [-0.39, 0.29) is 11.8 Å². The first-order chi connectivity index (χ1) is 16.3. The summed E-state index contributed by atoms with van der Waals surface area (Å²) in [7, 11) is 4.30. The molecule has 3 aliphatic rings. The summed E-state index contributed by atoms with van der Waals surface area (Å²) in [5.74, 6) is -0.753. The van der Waals surface area contributed by atoms with Gasteiger partial charge in [0.15, 0.2) is 11.3 Å². The smallest absolute Gasteiger partial charge is 0.337 e. The lowest BCUT2D eigenvalue weighted by Gasteiger charge is -2.56. The van der Waals surface area contributed by atoms with Crippen molar-refractivity contribution in [1.82, 2.24) is 4.90 Å². The van der Waals surface area contributed by atoms with Gasteiger partial charge in [0.2, 0.25) is 0 Å². The van der Waals surface area contributed by atoms with E-state index >= 15 is 0 Å². The first-order valence-electron chi connectivity index (χ1n) is 11.6. The summed E-state index contributed by atoms with van der Waals surface area (Å²) in [4.78, 5) is 14.7. The average Bonchev–Trinajstić information content (AvgIpc) is 3.09. The van der Waals surface area contributed by atoms with Crippen LogP contribution in [0, 0.1) is 17.7 Å². The third-order valence-electron chi connectivity index (χ3n) is 7.39. The molecule has 4 rings (SSSR count). The fourth-order valence-electron chi connectivity index (χ4n) is 5.91. The van der Waals surface area contributed by atoms with E-state index in [0.717, 1.165) is 6.42 Å². The Kier molecular flexibility index (Phi) is 6.52.